The van der Waals surface area contributed by atoms with E-state index in [0.29, 0.717) is 10.6 Å². The van der Waals surface area contributed by atoms with Crippen molar-refractivity contribution in [1.29, 1.82) is 0 Å². The number of amides is 2. The highest BCUT2D eigenvalue weighted by molar-refractivity contribution is 7.92. The van der Waals surface area contributed by atoms with Crippen molar-refractivity contribution in [1.82, 2.24) is 10.2 Å². The second kappa shape index (κ2) is 12.4. The number of anilines is 1. The average Bonchev–Trinajstić information content (AvgIpc) is 2.86. The van der Waals surface area contributed by atoms with Gasteiger partial charge in [0.2, 0.25) is 11.8 Å². The summed E-state index contributed by atoms with van der Waals surface area (Å²) in [5, 5.41) is 3.51. The number of benzene rings is 3. The molecule has 37 heavy (non-hydrogen) atoms. The zero-order chi connectivity index (χ0) is 27.3. The molecular formula is C25H23Cl4N3O4S. The third-order valence-electron chi connectivity index (χ3n) is 5.50. The Hall–Kier alpha value is -2.49. The van der Waals surface area contributed by atoms with E-state index >= 15 is 0 Å². The third-order valence-corrected chi connectivity index (χ3v) is 8.46. The molecule has 0 aliphatic heterocycles. The van der Waals surface area contributed by atoms with Crippen LogP contribution in [0, 0.1) is 0 Å². The number of hydrogen-bond acceptors (Lipinski definition) is 4. The second-order valence-electron chi connectivity index (χ2n) is 8.01. The first-order valence-corrected chi connectivity index (χ1v) is 13.9. The standard InChI is InChI=1S/C25H23Cl4N3O4S/c1-16(25(34)30-2)31(14-17-8-9-22(28)23(29)10-17)24(33)15-32(20-12-18(26)11-19(27)13-20)37(35,36)21-6-4-3-5-7-21/h3-13,16H,14-15H2,1-2H3,(H,30,34)/t16-/m1/s1. The Kier molecular flexibility index (Phi) is 9.72. The Morgan fingerprint density at radius 3 is 2.08 bits per heavy atom. The average molecular weight is 603 g/mol. The first-order chi connectivity index (χ1) is 17.4. The Morgan fingerprint density at radius 2 is 1.51 bits per heavy atom. The SMILES string of the molecule is CNC(=O)[C@@H](C)N(Cc1ccc(Cl)c(Cl)c1)C(=O)CN(c1cc(Cl)cc(Cl)c1)S(=O)(=O)c1ccccc1. The van der Waals surface area contributed by atoms with E-state index in [1.165, 1.54) is 42.3 Å². The van der Waals surface area contributed by atoms with Gasteiger partial charge in [-0.1, -0.05) is 70.7 Å². The smallest absolute Gasteiger partial charge is 0.264 e. The molecular weight excluding hydrogens is 580 g/mol. The lowest BCUT2D eigenvalue weighted by Gasteiger charge is -2.32. The number of nitrogens with zero attached hydrogens (tertiary/aromatic N) is 2. The summed E-state index contributed by atoms with van der Waals surface area (Å²) >= 11 is 24.5. The summed E-state index contributed by atoms with van der Waals surface area (Å²) in [5.74, 6) is -1.07. The summed E-state index contributed by atoms with van der Waals surface area (Å²) in [5.41, 5.74) is 0.693. The summed E-state index contributed by atoms with van der Waals surface area (Å²) < 4.78 is 28.3. The number of hydrogen-bond donors (Lipinski definition) is 1. The van der Waals surface area contributed by atoms with Crippen LogP contribution in [-0.2, 0) is 26.2 Å². The molecule has 0 aliphatic rings. The number of carbonyl (C=O) groups is 2. The van der Waals surface area contributed by atoms with Crippen LogP contribution in [0.1, 0.15) is 12.5 Å². The molecule has 3 rings (SSSR count). The van der Waals surface area contributed by atoms with Gasteiger partial charge in [-0.3, -0.25) is 13.9 Å². The molecule has 0 bridgehead atoms. The fraction of sp³-hybridized carbons (Fsp3) is 0.200. The molecule has 1 atom stereocenters. The Morgan fingerprint density at radius 1 is 0.892 bits per heavy atom. The van der Waals surface area contributed by atoms with Crippen molar-refractivity contribution in [2.75, 3.05) is 17.9 Å². The van der Waals surface area contributed by atoms with E-state index in [4.69, 9.17) is 46.4 Å². The van der Waals surface area contributed by atoms with Gasteiger partial charge in [0.05, 0.1) is 20.6 Å². The van der Waals surface area contributed by atoms with Crippen LogP contribution in [0.4, 0.5) is 5.69 Å². The van der Waals surface area contributed by atoms with Gasteiger partial charge in [-0.05, 0) is 55.0 Å². The summed E-state index contributed by atoms with van der Waals surface area (Å²) in [6.07, 6.45) is 0. The molecule has 0 unspecified atom stereocenters. The lowest BCUT2D eigenvalue weighted by atomic mass is 10.1. The summed E-state index contributed by atoms with van der Waals surface area (Å²) in [6.45, 7) is 0.886. The number of nitrogens with one attached hydrogen (secondary N) is 1. The number of halogens is 4. The van der Waals surface area contributed by atoms with Crippen LogP contribution < -0.4 is 9.62 Å². The van der Waals surface area contributed by atoms with Crippen LogP contribution in [0.15, 0.2) is 71.6 Å². The minimum Gasteiger partial charge on any atom is -0.357 e. The van der Waals surface area contributed by atoms with Crippen molar-refractivity contribution in [3.63, 3.8) is 0 Å². The Labute approximate surface area is 235 Å². The molecule has 0 spiro atoms. The quantitative estimate of drug-likeness (QED) is 0.342. The normalized spacial score (nSPS) is 12.1. The van der Waals surface area contributed by atoms with Crippen molar-refractivity contribution < 1.29 is 18.0 Å². The molecule has 2 amide bonds. The topological polar surface area (TPSA) is 86.8 Å². The molecule has 0 aliphatic carbocycles. The monoisotopic (exact) mass is 601 g/mol. The maximum atomic E-state index is 13.7. The van der Waals surface area contributed by atoms with E-state index in [2.05, 4.69) is 5.32 Å². The van der Waals surface area contributed by atoms with Gasteiger partial charge in [0.1, 0.15) is 12.6 Å². The van der Waals surface area contributed by atoms with E-state index in [0.717, 1.165) is 4.31 Å². The highest BCUT2D eigenvalue weighted by Gasteiger charge is 2.32. The van der Waals surface area contributed by atoms with Crippen LogP contribution in [0.2, 0.25) is 20.1 Å². The molecule has 7 nitrogen and oxygen atoms in total. The molecule has 3 aromatic rings. The van der Waals surface area contributed by atoms with E-state index in [9.17, 15) is 18.0 Å². The van der Waals surface area contributed by atoms with Crippen molar-refractivity contribution in [3.05, 3.63) is 92.4 Å². The highest BCUT2D eigenvalue weighted by Crippen LogP contribution is 2.30. The minimum atomic E-state index is -4.22. The number of likely N-dealkylation sites (N-methyl/N-ethyl adjacent to an activating group) is 1. The molecule has 0 radical (unpaired) electrons. The van der Waals surface area contributed by atoms with E-state index in [1.54, 1.807) is 43.3 Å². The third kappa shape index (κ3) is 7.09. The zero-order valence-electron chi connectivity index (χ0n) is 19.8. The molecule has 0 saturated heterocycles. The fourth-order valence-electron chi connectivity index (χ4n) is 3.56. The zero-order valence-corrected chi connectivity index (χ0v) is 23.6. The summed E-state index contributed by atoms with van der Waals surface area (Å²) in [7, 11) is -2.78. The van der Waals surface area contributed by atoms with Gasteiger partial charge in [0.15, 0.2) is 0 Å². The van der Waals surface area contributed by atoms with Crippen LogP contribution in [-0.4, -0.2) is 44.8 Å². The first-order valence-electron chi connectivity index (χ1n) is 10.9. The summed E-state index contributed by atoms with van der Waals surface area (Å²) in [6, 6.07) is 15.8. The number of carbonyl (C=O) groups excluding carboxylic acids is 2. The molecule has 0 aromatic heterocycles. The van der Waals surface area contributed by atoms with Crippen molar-refractivity contribution in [2.24, 2.45) is 0 Å². The summed E-state index contributed by atoms with van der Waals surface area (Å²) in [4.78, 5) is 27.5. The van der Waals surface area contributed by atoms with Gasteiger partial charge in [-0.2, -0.15) is 0 Å². The predicted octanol–water partition coefficient (Wildman–Crippen LogP) is 5.66. The Bertz CT molecular complexity index is 1380. The fourth-order valence-corrected chi connectivity index (χ4v) is 5.81. The molecule has 0 heterocycles. The number of rotatable bonds is 9. The number of sulfonamides is 1. The van der Waals surface area contributed by atoms with Crippen LogP contribution >= 0.6 is 46.4 Å². The van der Waals surface area contributed by atoms with Gasteiger partial charge in [0.25, 0.3) is 10.0 Å². The van der Waals surface area contributed by atoms with Gasteiger partial charge in [0, 0.05) is 23.6 Å². The molecule has 3 aromatic carbocycles. The predicted molar refractivity (Wildman–Crippen MR) is 148 cm³/mol. The first kappa shape index (κ1) is 29.1. The molecule has 196 valence electrons. The van der Waals surface area contributed by atoms with Gasteiger partial charge < -0.3 is 10.2 Å². The van der Waals surface area contributed by atoms with Crippen molar-refractivity contribution in [2.45, 2.75) is 24.4 Å². The van der Waals surface area contributed by atoms with E-state index in [-0.39, 0.29) is 32.2 Å². The minimum absolute atomic E-state index is 0.0279. The van der Waals surface area contributed by atoms with Crippen LogP contribution in [0.3, 0.4) is 0 Å². The van der Waals surface area contributed by atoms with Gasteiger partial charge >= 0.3 is 0 Å². The maximum absolute atomic E-state index is 13.7. The van der Waals surface area contributed by atoms with Crippen LogP contribution in [0.5, 0.6) is 0 Å². The van der Waals surface area contributed by atoms with E-state index < -0.39 is 34.4 Å². The Balaban J connectivity index is 2.06. The molecule has 0 saturated carbocycles. The molecule has 0 fully saturated rings. The second-order valence-corrected chi connectivity index (χ2v) is 11.6. The molecule has 12 heteroatoms. The van der Waals surface area contributed by atoms with Crippen molar-refractivity contribution in [3.8, 4) is 0 Å². The lowest BCUT2D eigenvalue weighted by Crippen LogP contribution is -2.50. The lowest BCUT2D eigenvalue weighted by molar-refractivity contribution is -0.139. The maximum Gasteiger partial charge on any atom is 0.264 e. The van der Waals surface area contributed by atoms with Gasteiger partial charge in [-0.25, -0.2) is 8.42 Å². The van der Waals surface area contributed by atoms with Gasteiger partial charge in [-0.15, -0.1) is 0 Å². The van der Waals surface area contributed by atoms with Crippen LogP contribution in [0.25, 0.3) is 0 Å². The largest absolute Gasteiger partial charge is 0.357 e. The van der Waals surface area contributed by atoms with Crippen molar-refractivity contribution >= 4 is 73.9 Å². The molecule has 1 N–H and O–H groups in total. The van der Waals surface area contributed by atoms with E-state index in [1.807, 2.05) is 0 Å². The highest BCUT2D eigenvalue weighted by atomic mass is 35.5.